The maximum Gasteiger partial charge on any atom is 0.286 e. The zero-order chi connectivity index (χ0) is 19.2. The van der Waals surface area contributed by atoms with Crippen LogP contribution < -0.4 is 10.9 Å². The monoisotopic (exact) mass is 364 g/mol. The summed E-state index contributed by atoms with van der Waals surface area (Å²) in [6.07, 6.45) is 1.78. The molecule has 1 aromatic heterocycles. The zero-order valence-corrected chi connectivity index (χ0v) is 14.2. The number of carbonyl (C=O) groups is 2. The Morgan fingerprint density at radius 3 is 2.22 bits per heavy atom. The second kappa shape index (κ2) is 7.96. The zero-order valence-electron chi connectivity index (χ0n) is 14.2. The fourth-order valence-corrected chi connectivity index (χ4v) is 2.52. The number of rotatable bonds is 5. The molecule has 2 N–H and O–H groups in total. The third kappa shape index (κ3) is 4.37. The summed E-state index contributed by atoms with van der Waals surface area (Å²) in [4.78, 5) is 34.5. The van der Waals surface area contributed by atoms with Crippen molar-refractivity contribution in [3.63, 3.8) is 0 Å². The number of aromatic nitrogens is 1. The molecule has 3 rings (SSSR count). The van der Waals surface area contributed by atoms with Crippen LogP contribution in [0.4, 0.5) is 5.69 Å². The Bertz CT molecular complexity index is 965. The Morgan fingerprint density at radius 1 is 0.889 bits per heavy atom. The molecule has 0 bridgehead atoms. The molecule has 8 nitrogen and oxygen atoms in total. The first-order valence-electron chi connectivity index (χ1n) is 8.09. The van der Waals surface area contributed by atoms with Crippen LogP contribution in [0, 0.1) is 10.1 Å². The number of hydrogen-bond donors (Lipinski definition) is 2. The van der Waals surface area contributed by atoms with Gasteiger partial charge in [0.05, 0.1) is 4.92 Å². The fourth-order valence-electron chi connectivity index (χ4n) is 2.52. The van der Waals surface area contributed by atoms with Gasteiger partial charge in [0.1, 0.15) is 5.69 Å². The molecule has 136 valence electrons. The summed E-state index contributed by atoms with van der Waals surface area (Å²) in [5.41, 5.74) is 6.17. The third-order valence-electron chi connectivity index (χ3n) is 3.89. The van der Waals surface area contributed by atoms with Crippen LogP contribution >= 0.6 is 0 Å². The topological polar surface area (TPSA) is 106 Å². The van der Waals surface area contributed by atoms with Gasteiger partial charge in [0, 0.05) is 30.4 Å². The smallest absolute Gasteiger partial charge is 0.286 e. The molecule has 1 heterocycles. The molecule has 27 heavy (non-hydrogen) atoms. The number of nitro groups is 1. The van der Waals surface area contributed by atoms with Crippen LogP contribution in [0.15, 0.2) is 72.9 Å². The summed E-state index contributed by atoms with van der Waals surface area (Å²) >= 11 is 0. The third-order valence-corrected chi connectivity index (χ3v) is 3.89. The van der Waals surface area contributed by atoms with Gasteiger partial charge in [0.15, 0.2) is 0 Å². The van der Waals surface area contributed by atoms with Crippen molar-refractivity contribution in [3.8, 4) is 0 Å². The van der Waals surface area contributed by atoms with Gasteiger partial charge in [-0.3, -0.25) is 30.6 Å². The van der Waals surface area contributed by atoms with E-state index in [4.69, 9.17) is 0 Å². The molecule has 2 amide bonds. The average Bonchev–Trinajstić information content (AvgIpc) is 3.15. The number of amides is 2. The molecule has 0 aliphatic heterocycles. The summed E-state index contributed by atoms with van der Waals surface area (Å²) in [7, 11) is 0. The number of non-ortho nitro benzene ring substituents is 1. The molecule has 0 saturated heterocycles. The van der Waals surface area contributed by atoms with E-state index in [0.717, 1.165) is 5.56 Å². The highest BCUT2D eigenvalue weighted by Crippen LogP contribution is 2.12. The lowest BCUT2D eigenvalue weighted by atomic mass is 10.2. The van der Waals surface area contributed by atoms with E-state index in [1.165, 1.54) is 24.3 Å². The van der Waals surface area contributed by atoms with E-state index in [-0.39, 0.29) is 11.3 Å². The highest BCUT2D eigenvalue weighted by atomic mass is 16.6. The van der Waals surface area contributed by atoms with Crippen molar-refractivity contribution in [2.45, 2.75) is 6.54 Å². The number of nitro benzene ring substituents is 1. The van der Waals surface area contributed by atoms with Crippen molar-refractivity contribution in [1.29, 1.82) is 0 Å². The van der Waals surface area contributed by atoms with Crippen molar-refractivity contribution in [1.82, 2.24) is 15.4 Å². The van der Waals surface area contributed by atoms with Gasteiger partial charge in [0.25, 0.3) is 17.5 Å². The van der Waals surface area contributed by atoms with Crippen molar-refractivity contribution in [2.75, 3.05) is 0 Å². The second-order valence-electron chi connectivity index (χ2n) is 5.72. The lowest BCUT2D eigenvalue weighted by Crippen LogP contribution is -2.42. The van der Waals surface area contributed by atoms with Gasteiger partial charge in [-0.25, -0.2) is 0 Å². The maximum atomic E-state index is 12.4. The first-order valence-corrected chi connectivity index (χ1v) is 8.09. The molecule has 3 aromatic rings. The standard InChI is InChI=1S/C19H16N4O4/c24-18(15-8-10-16(11-9-15)23(26)27)20-21-19(25)17-7-4-12-22(17)13-14-5-2-1-3-6-14/h1-12H,13H2,(H,20,24)(H,21,25). The van der Waals surface area contributed by atoms with Gasteiger partial charge in [-0.1, -0.05) is 30.3 Å². The van der Waals surface area contributed by atoms with E-state index in [1.54, 1.807) is 22.9 Å². The molecule has 0 saturated carbocycles. The molecule has 0 aliphatic carbocycles. The highest BCUT2D eigenvalue weighted by Gasteiger charge is 2.14. The van der Waals surface area contributed by atoms with Crippen molar-refractivity contribution in [3.05, 3.63) is 99.9 Å². The van der Waals surface area contributed by atoms with E-state index < -0.39 is 16.7 Å². The quantitative estimate of drug-likeness (QED) is 0.536. The number of nitrogens with one attached hydrogen (secondary N) is 2. The van der Waals surface area contributed by atoms with Crippen LogP contribution in [0.5, 0.6) is 0 Å². The van der Waals surface area contributed by atoms with Gasteiger partial charge >= 0.3 is 0 Å². The largest absolute Gasteiger partial charge is 0.339 e. The van der Waals surface area contributed by atoms with E-state index in [9.17, 15) is 19.7 Å². The number of benzene rings is 2. The number of hydrogen-bond acceptors (Lipinski definition) is 4. The lowest BCUT2D eigenvalue weighted by Gasteiger charge is -2.11. The number of carbonyl (C=O) groups excluding carboxylic acids is 2. The Morgan fingerprint density at radius 2 is 1.56 bits per heavy atom. The summed E-state index contributed by atoms with van der Waals surface area (Å²) in [5, 5.41) is 10.6. The van der Waals surface area contributed by atoms with Crippen molar-refractivity contribution >= 4 is 17.5 Å². The predicted octanol–water partition coefficient (Wildman–Crippen LogP) is 2.52. The second-order valence-corrected chi connectivity index (χ2v) is 5.72. The lowest BCUT2D eigenvalue weighted by molar-refractivity contribution is -0.384. The summed E-state index contributed by atoms with van der Waals surface area (Å²) in [5.74, 6) is -1.04. The van der Waals surface area contributed by atoms with Crippen molar-refractivity contribution in [2.24, 2.45) is 0 Å². The molecule has 0 unspecified atom stereocenters. The maximum absolute atomic E-state index is 12.4. The summed E-state index contributed by atoms with van der Waals surface area (Å²) < 4.78 is 1.77. The average molecular weight is 364 g/mol. The van der Waals surface area contributed by atoms with Crippen LogP contribution in [-0.4, -0.2) is 21.3 Å². The van der Waals surface area contributed by atoms with Gasteiger partial charge in [0.2, 0.25) is 0 Å². The van der Waals surface area contributed by atoms with Crippen LogP contribution in [-0.2, 0) is 6.54 Å². The molecule has 8 heteroatoms. The minimum Gasteiger partial charge on any atom is -0.339 e. The first-order chi connectivity index (χ1) is 13.0. The van der Waals surface area contributed by atoms with Crippen molar-refractivity contribution < 1.29 is 14.5 Å². The van der Waals surface area contributed by atoms with E-state index in [1.807, 2.05) is 30.3 Å². The molecular formula is C19H16N4O4. The van der Waals surface area contributed by atoms with Crippen LogP contribution in [0.1, 0.15) is 26.4 Å². The molecule has 0 fully saturated rings. The first kappa shape index (κ1) is 17.9. The number of nitrogens with zero attached hydrogens (tertiary/aromatic N) is 2. The predicted molar refractivity (Wildman–Crippen MR) is 98.0 cm³/mol. The summed E-state index contributed by atoms with van der Waals surface area (Å²) in [6, 6.07) is 18.1. The van der Waals surface area contributed by atoms with Crippen LogP contribution in [0.25, 0.3) is 0 Å². The molecule has 0 spiro atoms. The highest BCUT2D eigenvalue weighted by molar-refractivity contribution is 5.98. The van der Waals surface area contributed by atoms with Gasteiger partial charge in [-0.2, -0.15) is 0 Å². The fraction of sp³-hybridized carbons (Fsp3) is 0.0526. The van der Waals surface area contributed by atoms with E-state index in [0.29, 0.717) is 12.2 Å². The Kier molecular flexibility index (Phi) is 5.27. The summed E-state index contributed by atoms with van der Waals surface area (Å²) in [6.45, 7) is 0.521. The van der Waals surface area contributed by atoms with E-state index in [2.05, 4.69) is 10.9 Å². The van der Waals surface area contributed by atoms with Gasteiger partial charge < -0.3 is 4.57 Å². The minimum absolute atomic E-state index is 0.116. The number of hydrazine groups is 1. The SMILES string of the molecule is O=C(NNC(=O)c1cccn1Cc1ccccc1)c1ccc([N+](=O)[O-])cc1. The molecular weight excluding hydrogens is 348 g/mol. The van der Waals surface area contributed by atoms with Gasteiger partial charge in [-0.05, 0) is 29.8 Å². The van der Waals surface area contributed by atoms with Crippen LogP contribution in [0.3, 0.4) is 0 Å². The van der Waals surface area contributed by atoms with E-state index >= 15 is 0 Å². The Labute approximate surface area is 154 Å². The molecule has 0 aliphatic rings. The molecule has 0 radical (unpaired) electrons. The van der Waals surface area contributed by atoms with Gasteiger partial charge in [-0.15, -0.1) is 0 Å². The Balaban J connectivity index is 1.62. The molecule has 2 aromatic carbocycles. The minimum atomic E-state index is -0.570. The Hall–Kier alpha value is -3.94. The molecule has 0 atom stereocenters. The normalized spacial score (nSPS) is 10.2. The van der Waals surface area contributed by atoms with Crippen LogP contribution in [0.2, 0.25) is 0 Å².